The Labute approximate surface area is 225 Å². The maximum absolute atomic E-state index is 13.0. The molecule has 1 N–H and O–H groups in total. The third kappa shape index (κ3) is 7.15. The number of hydrogen-bond donors (Lipinski definition) is 1. The lowest BCUT2D eigenvalue weighted by atomic mass is 9.93. The highest BCUT2D eigenvalue weighted by molar-refractivity contribution is 5.94. The number of alkyl halides is 3. The van der Waals surface area contributed by atoms with Crippen LogP contribution in [-0.2, 0) is 22.3 Å². The van der Waals surface area contributed by atoms with Gasteiger partial charge >= 0.3 is 12.1 Å². The summed E-state index contributed by atoms with van der Waals surface area (Å²) < 4.78 is 44.8. The zero-order chi connectivity index (χ0) is 28.0. The Hall–Kier alpha value is -3.89. The molecule has 1 saturated carbocycles. The topological polar surface area (TPSA) is 89.4 Å². The van der Waals surface area contributed by atoms with Crippen LogP contribution in [0.15, 0.2) is 48.9 Å². The Morgan fingerprint density at radius 1 is 1.13 bits per heavy atom. The average Bonchev–Trinajstić information content (AvgIpc) is 3.44. The van der Waals surface area contributed by atoms with Crippen molar-refractivity contribution in [2.75, 3.05) is 18.6 Å². The highest BCUT2D eigenvalue weighted by Crippen LogP contribution is 2.31. The maximum Gasteiger partial charge on any atom is 0.419 e. The molecule has 39 heavy (non-hydrogen) atoms. The van der Waals surface area contributed by atoms with Crippen LogP contribution in [-0.4, -0.2) is 46.3 Å². The molecule has 0 unspecified atom stereocenters. The summed E-state index contributed by atoms with van der Waals surface area (Å²) in [5.74, 6) is 0.0326. The number of benzene rings is 1. The number of nitrogens with zero attached hydrogens (tertiary/aromatic N) is 4. The number of hydrogen-bond acceptors (Lipinski definition) is 6. The Morgan fingerprint density at radius 3 is 2.51 bits per heavy atom. The van der Waals surface area contributed by atoms with Gasteiger partial charge in [-0.1, -0.05) is 25.3 Å². The Morgan fingerprint density at radius 2 is 1.90 bits per heavy atom. The summed E-state index contributed by atoms with van der Waals surface area (Å²) in [6.07, 6.45) is 4.49. The molecule has 2 heterocycles. The van der Waals surface area contributed by atoms with Gasteiger partial charge in [0.2, 0.25) is 0 Å². The molecule has 208 valence electrons. The molecule has 0 spiro atoms. The van der Waals surface area contributed by atoms with Gasteiger partial charge in [0, 0.05) is 31.5 Å². The van der Waals surface area contributed by atoms with Gasteiger partial charge in [-0.05, 0) is 55.2 Å². The highest BCUT2D eigenvalue weighted by Gasteiger charge is 2.32. The quantitative estimate of drug-likeness (QED) is 0.372. The van der Waals surface area contributed by atoms with Crippen LogP contribution < -0.4 is 10.2 Å². The normalized spacial score (nSPS) is 14.2. The minimum atomic E-state index is -4.44. The second kappa shape index (κ2) is 12.3. The lowest BCUT2D eigenvalue weighted by molar-refractivity contribution is -0.140. The molecule has 8 nitrogen and oxygen atoms in total. The predicted octanol–water partition coefficient (Wildman–Crippen LogP) is 5.23. The second-order valence-electron chi connectivity index (χ2n) is 9.69. The molecular formula is C28H32F3N5O3. The lowest BCUT2D eigenvalue weighted by Crippen LogP contribution is -2.37. The van der Waals surface area contributed by atoms with Crippen molar-refractivity contribution in [1.29, 1.82) is 0 Å². The molecule has 1 fully saturated rings. The third-order valence-corrected chi connectivity index (χ3v) is 7.00. The lowest BCUT2D eigenvalue weighted by Gasteiger charge is -2.36. The number of nitrogens with one attached hydrogen (secondary N) is 1. The minimum Gasteiger partial charge on any atom is -0.469 e. The molecular weight excluding hydrogens is 511 g/mol. The van der Waals surface area contributed by atoms with Gasteiger partial charge in [-0.15, -0.1) is 0 Å². The molecule has 0 atom stereocenters. The number of rotatable bonds is 9. The molecule has 0 bridgehead atoms. The molecule has 3 aromatic rings. The number of halogens is 3. The standard InChI is InChI=1S/C28H32F3N5O3/c1-19-14-24(36-18-22(16-34-36)28(29,30)31)10-8-21(19)17-35(23-6-4-3-5-7-23)25-11-9-20(15-33-25)27(38)32-13-12-26(37)39-2/h8-11,14-16,18,23H,3-7,12-13,17H2,1-2H3,(H,32,38). The number of ether oxygens (including phenoxy) is 1. The first-order valence-corrected chi connectivity index (χ1v) is 12.9. The first-order chi connectivity index (χ1) is 18.7. The number of methoxy groups -OCH3 is 1. The van der Waals surface area contributed by atoms with Crippen LogP contribution in [0.3, 0.4) is 0 Å². The van der Waals surface area contributed by atoms with Crippen molar-refractivity contribution in [1.82, 2.24) is 20.1 Å². The fourth-order valence-electron chi connectivity index (χ4n) is 4.76. The summed E-state index contributed by atoms with van der Waals surface area (Å²) in [6.45, 7) is 2.68. The fourth-order valence-corrected chi connectivity index (χ4v) is 4.76. The molecule has 11 heteroatoms. The van der Waals surface area contributed by atoms with Crippen molar-refractivity contribution >= 4 is 17.7 Å². The first kappa shape index (κ1) is 28.1. The largest absolute Gasteiger partial charge is 0.469 e. The van der Waals surface area contributed by atoms with E-state index in [1.165, 1.54) is 24.4 Å². The number of pyridine rings is 1. The molecule has 1 aromatic carbocycles. The van der Waals surface area contributed by atoms with E-state index in [0.717, 1.165) is 55.0 Å². The Bertz CT molecular complexity index is 1280. The predicted molar refractivity (Wildman–Crippen MR) is 140 cm³/mol. The second-order valence-corrected chi connectivity index (χ2v) is 9.69. The van der Waals surface area contributed by atoms with Gasteiger partial charge in [0.25, 0.3) is 5.91 Å². The minimum absolute atomic E-state index is 0.0885. The highest BCUT2D eigenvalue weighted by atomic mass is 19.4. The number of carbonyl (C=O) groups is 2. The van der Waals surface area contributed by atoms with Crippen LogP contribution in [0.1, 0.15) is 65.6 Å². The summed E-state index contributed by atoms with van der Waals surface area (Å²) in [4.78, 5) is 30.6. The molecule has 4 rings (SSSR count). The molecule has 0 radical (unpaired) electrons. The van der Waals surface area contributed by atoms with Crippen LogP contribution in [0.5, 0.6) is 0 Å². The smallest absolute Gasteiger partial charge is 0.419 e. The van der Waals surface area contributed by atoms with E-state index in [4.69, 9.17) is 0 Å². The van der Waals surface area contributed by atoms with Crippen LogP contribution in [0.25, 0.3) is 5.69 Å². The fraction of sp³-hybridized carbons (Fsp3) is 0.429. The van der Waals surface area contributed by atoms with Gasteiger partial charge in [0.15, 0.2) is 0 Å². The molecule has 2 aromatic heterocycles. The zero-order valence-electron chi connectivity index (χ0n) is 22.0. The third-order valence-electron chi connectivity index (χ3n) is 7.00. The average molecular weight is 544 g/mol. The zero-order valence-corrected chi connectivity index (χ0v) is 22.0. The maximum atomic E-state index is 13.0. The Balaban J connectivity index is 1.51. The van der Waals surface area contributed by atoms with Crippen molar-refractivity contribution in [3.63, 3.8) is 0 Å². The van der Waals surface area contributed by atoms with Gasteiger partial charge < -0.3 is 15.0 Å². The monoisotopic (exact) mass is 543 g/mol. The summed E-state index contributed by atoms with van der Waals surface area (Å²) in [7, 11) is 1.30. The van der Waals surface area contributed by atoms with Gasteiger partial charge in [-0.25, -0.2) is 9.67 Å². The van der Waals surface area contributed by atoms with Crippen LogP contribution in [0, 0.1) is 6.92 Å². The van der Waals surface area contributed by atoms with E-state index in [1.54, 1.807) is 12.1 Å². The molecule has 1 amide bonds. The Kier molecular flexibility index (Phi) is 8.88. The summed E-state index contributed by atoms with van der Waals surface area (Å²) >= 11 is 0. The van der Waals surface area contributed by atoms with Crippen LogP contribution in [0.2, 0.25) is 0 Å². The van der Waals surface area contributed by atoms with E-state index in [1.807, 2.05) is 25.1 Å². The molecule has 0 aliphatic heterocycles. The number of aromatic nitrogens is 3. The number of anilines is 1. The van der Waals surface area contributed by atoms with E-state index in [9.17, 15) is 22.8 Å². The van der Waals surface area contributed by atoms with Crippen molar-refractivity contribution in [2.45, 2.75) is 64.2 Å². The molecule has 1 aliphatic rings. The van der Waals surface area contributed by atoms with E-state index < -0.39 is 17.7 Å². The summed E-state index contributed by atoms with van der Waals surface area (Å²) in [6, 6.07) is 9.34. The SMILES string of the molecule is COC(=O)CCNC(=O)c1ccc(N(Cc2ccc(-n3cc(C(F)(F)F)cn3)cc2C)C2CCCCC2)nc1. The molecule has 0 saturated heterocycles. The summed E-state index contributed by atoms with van der Waals surface area (Å²) in [5, 5.41) is 6.57. The van der Waals surface area contributed by atoms with E-state index >= 15 is 0 Å². The first-order valence-electron chi connectivity index (χ1n) is 12.9. The summed E-state index contributed by atoms with van der Waals surface area (Å²) in [5.41, 5.74) is 2.11. The number of amides is 1. The number of carbonyl (C=O) groups excluding carboxylic acids is 2. The van der Waals surface area contributed by atoms with Gasteiger partial charge in [0.1, 0.15) is 5.82 Å². The number of aryl methyl sites for hydroxylation is 1. The van der Waals surface area contributed by atoms with E-state index in [-0.39, 0.29) is 24.9 Å². The van der Waals surface area contributed by atoms with Crippen molar-refractivity contribution < 1.29 is 27.5 Å². The van der Waals surface area contributed by atoms with Crippen molar-refractivity contribution in [3.05, 3.63) is 71.2 Å². The van der Waals surface area contributed by atoms with E-state index in [0.29, 0.717) is 17.8 Å². The van der Waals surface area contributed by atoms with Crippen molar-refractivity contribution in [3.8, 4) is 5.69 Å². The van der Waals surface area contributed by atoms with Gasteiger partial charge in [0.05, 0.1) is 36.5 Å². The molecule has 1 aliphatic carbocycles. The van der Waals surface area contributed by atoms with Crippen molar-refractivity contribution in [2.24, 2.45) is 0 Å². The van der Waals surface area contributed by atoms with Gasteiger partial charge in [-0.3, -0.25) is 9.59 Å². The number of esters is 1. The van der Waals surface area contributed by atoms with E-state index in [2.05, 4.69) is 25.0 Å². The van der Waals surface area contributed by atoms with Gasteiger partial charge in [-0.2, -0.15) is 18.3 Å². The van der Waals surface area contributed by atoms with Crippen LogP contribution >= 0.6 is 0 Å². The van der Waals surface area contributed by atoms with Crippen LogP contribution in [0.4, 0.5) is 19.0 Å².